The highest BCUT2D eigenvalue weighted by Gasteiger charge is 2.31. The average Bonchev–Trinajstić information content (AvgIpc) is 2.99. The maximum Gasteiger partial charge on any atom is 0.278 e. The van der Waals surface area contributed by atoms with Crippen molar-refractivity contribution in [2.24, 2.45) is 0 Å². The first-order valence-electron chi connectivity index (χ1n) is 7.10. The first-order valence-corrected chi connectivity index (χ1v) is 7.10. The van der Waals surface area contributed by atoms with Crippen LogP contribution in [-0.4, -0.2) is 42.8 Å². The van der Waals surface area contributed by atoms with Gasteiger partial charge in [0.05, 0.1) is 35.1 Å². The number of nitrogens with one attached hydrogen (secondary N) is 1. The zero-order valence-electron chi connectivity index (χ0n) is 12.8. The Hall–Kier alpha value is -1.79. The molecule has 1 atom stereocenters. The Balaban J connectivity index is 0.00000144. The quantitative estimate of drug-likeness (QED) is 0.633. The number of benzene rings is 1. The van der Waals surface area contributed by atoms with E-state index in [1.165, 1.54) is 6.07 Å². The second-order valence-corrected chi connectivity index (χ2v) is 5.19. The number of nitro groups is 1. The van der Waals surface area contributed by atoms with Crippen molar-refractivity contribution in [3.63, 3.8) is 0 Å². The lowest BCUT2D eigenvalue weighted by Gasteiger charge is -2.33. The van der Waals surface area contributed by atoms with Gasteiger partial charge < -0.3 is 14.8 Å². The van der Waals surface area contributed by atoms with Gasteiger partial charge in [-0.2, -0.15) is 5.26 Å². The molecule has 10 heteroatoms. The summed E-state index contributed by atoms with van der Waals surface area (Å²) in [6, 6.07) is 4.86. The molecule has 1 aromatic carbocycles. The molecule has 8 nitrogen and oxygen atoms in total. The number of piperazine rings is 1. The third-order valence-corrected chi connectivity index (χ3v) is 3.95. The van der Waals surface area contributed by atoms with Crippen LogP contribution in [0.25, 0.3) is 0 Å². The Morgan fingerprint density at radius 1 is 1.29 bits per heavy atom. The minimum absolute atomic E-state index is 0. The zero-order valence-corrected chi connectivity index (χ0v) is 14.4. The fourth-order valence-corrected chi connectivity index (χ4v) is 2.89. The normalized spacial score (nSPS) is 17.1. The monoisotopic (exact) mass is 376 g/mol. The number of nitro benzene ring substituents is 1. The van der Waals surface area contributed by atoms with Crippen LogP contribution in [0.5, 0.6) is 11.5 Å². The van der Waals surface area contributed by atoms with Crippen LogP contribution in [0.3, 0.4) is 0 Å². The number of rotatable bonds is 4. The lowest BCUT2D eigenvalue weighted by Crippen LogP contribution is -2.45. The van der Waals surface area contributed by atoms with E-state index in [9.17, 15) is 10.1 Å². The largest absolute Gasteiger partial charge is 0.454 e. The Bertz CT molecular complexity index is 632. The van der Waals surface area contributed by atoms with Crippen molar-refractivity contribution in [1.82, 2.24) is 10.2 Å². The molecule has 1 fully saturated rings. The van der Waals surface area contributed by atoms with E-state index < -0.39 is 4.92 Å². The molecule has 3 rings (SSSR count). The van der Waals surface area contributed by atoms with Gasteiger partial charge in [-0.25, -0.2) is 0 Å². The predicted octanol–water partition coefficient (Wildman–Crippen LogP) is 2.03. The van der Waals surface area contributed by atoms with Crippen LogP contribution in [0.2, 0.25) is 0 Å². The van der Waals surface area contributed by atoms with Gasteiger partial charge in [-0.3, -0.25) is 15.0 Å². The van der Waals surface area contributed by atoms with E-state index in [1.54, 1.807) is 6.07 Å². The smallest absolute Gasteiger partial charge is 0.278 e. The Morgan fingerprint density at radius 3 is 2.50 bits per heavy atom. The van der Waals surface area contributed by atoms with Crippen LogP contribution in [0, 0.1) is 21.4 Å². The van der Waals surface area contributed by atoms with E-state index in [4.69, 9.17) is 14.7 Å². The van der Waals surface area contributed by atoms with Gasteiger partial charge in [0.2, 0.25) is 6.79 Å². The molecule has 24 heavy (non-hydrogen) atoms. The number of hydrogen-bond donors (Lipinski definition) is 1. The summed E-state index contributed by atoms with van der Waals surface area (Å²) >= 11 is 0. The highest BCUT2D eigenvalue weighted by molar-refractivity contribution is 5.85. The van der Waals surface area contributed by atoms with Gasteiger partial charge in [0.25, 0.3) is 5.69 Å². The number of nitrogens with zero attached hydrogens (tertiary/aromatic N) is 3. The second-order valence-electron chi connectivity index (χ2n) is 5.19. The van der Waals surface area contributed by atoms with Crippen LogP contribution in [-0.2, 0) is 0 Å². The van der Waals surface area contributed by atoms with Gasteiger partial charge in [-0.15, -0.1) is 24.8 Å². The van der Waals surface area contributed by atoms with Gasteiger partial charge in [-0.05, 0) is 6.07 Å². The van der Waals surface area contributed by atoms with Crippen LogP contribution < -0.4 is 14.8 Å². The van der Waals surface area contributed by atoms with Crippen LogP contribution in [0.1, 0.15) is 18.0 Å². The molecule has 132 valence electrons. The average molecular weight is 377 g/mol. The summed E-state index contributed by atoms with van der Waals surface area (Å²) in [6.07, 6.45) is 0.195. The van der Waals surface area contributed by atoms with Crippen LogP contribution >= 0.6 is 24.8 Å². The first kappa shape index (κ1) is 20.3. The second kappa shape index (κ2) is 8.89. The molecule has 0 unspecified atom stereocenters. The molecular weight excluding hydrogens is 359 g/mol. The van der Waals surface area contributed by atoms with Gasteiger partial charge in [0.1, 0.15) is 0 Å². The zero-order chi connectivity index (χ0) is 15.5. The Kier molecular flexibility index (Phi) is 7.51. The maximum atomic E-state index is 11.4. The lowest BCUT2D eigenvalue weighted by molar-refractivity contribution is -0.386. The molecule has 2 aliphatic rings. The fraction of sp³-hybridized carbons (Fsp3) is 0.500. The summed E-state index contributed by atoms with van der Waals surface area (Å²) in [5, 5.41) is 23.8. The highest BCUT2D eigenvalue weighted by atomic mass is 35.5. The van der Waals surface area contributed by atoms with Crippen molar-refractivity contribution in [2.75, 3.05) is 33.0 Å². The summed E-state index contributed by atoms with van der Waals surface area (Å²) in [5.41, 5.74) is 0.487. The third-order valence-electron chi connectivity index (χ3n) is 3.95. The molecule has 0 bridgehead atoms. The summed E-state index contributed by atoms with van der Waals surface area (Å²) in [5.74, 6) is 0.880. The van der Waals surface area contributed by atoms with Crippen LogP contribution in [0.15, 0.2) is 12.1 Å². The van der Waals surface area contributed by atoms with Crippen molar-refractivity contribution < 1.29 is 14.4 Å². The van der Waals surface area contributed by atoms with E-state index in [0.717, 1.165) is 26.2 Å². The summed E-state index contributed by atoms with van der Waals surface area (Å²) in [4.78, 5) is 13.1. The van der Waals surface area contributed by atoms with E-state index in [1.807, 2.05) is 0 Å². The Morgan fingerprint density at radius 2 is 1.92 bits per heavy atom. The number of nitriles is 1. The van der Waals surface area contributed by atoms with Crippen molar-refractivity contribution >= 4 is 30.5 Å². The third kappa shape index (κ3) is 3.99. The van der Waals surface area contributed by atoms with Gasteiger partial charge in [-0.1, -0.05) is 0 Å². The molecule has 0 radical (unpaired) electrons. The number of halogens is 2. The van der Waals surface area contributed by atoms with Gasteiger partial charge in [0.15, 0.2) is 11.5 Å². The first-order chi connectivity index (χ1) is 10.7. The molecule has 0 aliphatic carbocycles. The maximum absolute atomic E-state index is 11.4. The number of ether oxygens (including phenoxy) is 2. The predicted molar refractivity (Wildman–Crippen MR) is 91.1 cm³/mol. The van der Waals surface area contributed by atoms with Crippen LogP contribution in [0.4, 0.5) is 5.69 Å². The minimum Gasteiger partial charge on any atom is -0.454 e. The molecule has 1 saturated heterocycles. The van der Waals surface area contributed by atoms with E-state index in [-0.39, 0.29) is 49.8 Å². The van der Waals surface area contributed by atoms with E-state index in [2.05, 4.69) is 16.3 Å². The number of hydrogen-bond acceptors (Lipinski definition) is 7. The molecule has 1 aromatic rings. The molecule has 0 amide bonds. The SMILES string of the molecule is Cl.Cl.N#CC[C@H](c1cc2c(cc1[N+](=O)[O-])OCO2)N1CCNCC1. The topological polar surface area (TPSA) is 101 Å². The summed E-state index contributed by atoms with van der Waals surface area (Å²) in [6.45, 7) is 3.17. The molecule has 0 spiro atoms. The van der Waals surface area contributed by atoms with Crippen molar-refractivity contribution in [2.45, 2.75) is 12.5 Å². The molecular formula is C14H18Cl2N4O4. The molecule has 1 N–H and O–H groups in total. The fourth-order valence-electron chi connectivity index (χ4n) is 2.89. The van der Waals surface area contributed by atoms with Crippen molar-refractivity contribution in [3.05, 3.63) is 27.8 Å². The van der Waals surface area contributed by atoms with E-state index >= 15 is 0 Å². The van der Waals surface area contributed by atoms with Crippen molar-refractivity contribution in [3.8, 4) is 17.6 Å². The molecule has 0 saturated carbocycles. The minimum atomic E-state index is -0.427. The Labute approximate surface area is 151 Å². The standard InChI is InChI=1S/C14H16N4O4.2ClH/c15-2-1-11(17-5-3-16-4-6-17)10-7-13-14(22-9-21-13)8-12(10)18(19)20;;/h7-8,11,16H,1,3-6,9H2;2*1H/t11-;;/m1../s1. The summed E-state index contributed by atoms with van der Waals surface area (Å²) < 4.78 is 10.5. The molecule has 0 aromatic heterocycles. The van der Waals surface area contributed by atoms with E-state index in [0.29, 0.717) is 17.1 Å². The molecule has 2 heterocycles. The van der Waals surface area contributed by atoms with Gasteiger partial charge >= 0.3 is 0 Å². The lowest BCUT2D eigenvalue weighted by atomic mass is 9.99. The number of fused-ring (bicyclic) bond motifs is 1. The van der Waals surface area contributed by atoms with Crippen molar-refractivity contribution in [1.29, 1.82) is 5.26 Å². The summed E-state index contributed by atoms with van der Waals surface area (Å²) in [7, 11) is 0. The van der Waals surface area contributed by atoms with Gasteiger partial charge in [0, 0.05) is 26.2 Å². The molecule has 2 aliphatic heterocycles. The highest BCUT2D eigenvalue weighted by Crippen LogP contribution is 2.42.